The summed E-state index contributed by atoms with van der Waals surface area (Å²) >= 11 is 1.22. The van der Waals surface area contributed by atoms with Gasteiger partial charge in [0.25, 0.3) is 0 Å². The van der Waals surface area contributed by atoms with Gasteiger partial charge in [0.2, 0.25) is 5.91 Å². The van der Waals surface area contributed by atoms with Gasteiger partial charge in [-0.1, -0.05) is 23.9 Å². The Hall–Kier alpha value is -2.44. The lowest BCUT2D eigenvalue weighted by atomic mass is 10.2. The SMILES string of the molecule is COCCOCCOCCOCc1[nH]c(=O)nc(SCC(=O)NCc2ccc(OC)cc2)c1C. The van der Waals surface area contributed by atoms with E-state index in [1.165, 1.54) is 11.8 Å². The third-order valence-corrected chi connectivity index (χ3v) is 5.72. The summed E-state index contributed by atoms with van der Waals surface area (Å²) in [6, 6.07) is 7.47. The van der Waals surface area contributed by atoms with E-state index < -0.39 is 5.69 Å². The number of rotatable bonds is 17. The van der Waals surface area contributed by atoms with Gasteiger partial charge >= 0.3 is 5.69 Å². The number of hydrogen-bond donors (Lipinski definition) is 2. The fourth-order valence-corrected chi connectivity index (χ4v) is 3.58. The smallest absolute Gasteiger partial charge is 0.346 e. The van der Waals surface area contributed by atoms with E-state index in [0.29, 0.717) is 56.9 Å². The number of hydrogen-bond acceptors (Lipinski definition) is 9. The highest BCUT2D eigenvalue weighted by atomic mass is 32.2. The van der Waals surface area contributed by atoms with E-state index in [2.05, 4.69) is 15.3 Å². The van der Waals surface area contributed by atoms with Gasteiger partial charge in [-0.15, -0.1) is 0 Å². The van der Waals surface area contributed by atoms with Crippen LogP contribution in [0, 0.1) is 6.92 Å². The van der Waals surface area contributed by atoms with Crippen LogP contribution >= 0.6 is 11.8 Å². The standard InChI is InChI=1S/C23H33N3O7S/c1-17-20(15-33-13-12-32-11-10-31-9-8-29-2)25-23(28)26-22(17)34-16-21(27)24-14-18-4-6-19(30-3)7-5-18/h4-7H,8-16H2,1-3H3,(H,24,27)(H,25,26,28). The minimum Gasteiger partial charge on any atom is -0.497 e. The fourth-order valence-electron chi connectivity index (χ4n) is 2.73. The molecule has 0 atom stereocenters. The molecule has 0 fully saturated rings. The molecule has 0 radical (unpaired) electrons. The largest absolute Gasteiger partial charge is 0.497 e. The number of ether oxygens (including phenoxy) is 5. The van der Waals surface area contributed by atoms with Crippen LogP contribution in [0.1, 0.15) is 16.8 Å². The van der Waals surface area contributed by atoms with Crippen molar-refractivity contribution in [3.8, 4) is 5.75 Å². The molecule has 0 bridgehead atoms. The molecule has 0 unspecified atom stereocenters. The summed E-state index contributed by atoms with van der Waals surface area (Å²) < 4.78 is 26.4. The zero-order valence-electron chi connectivity index (χ0n) is 19.9. The van der Waals surface area contributed by atoms with Crippen molar-refractivity contribution in [3.63, 3.8) is 0 Å². The Bertz CT molecular complexity index is 922. The third kappa shape index (κ3) is 10.7. The van der Waals surface area contributed by atoms with Crippen molar-refractivity contribution in [1.29, 1.82) is 0 Å². The zero-order valence-corrected chi connectivity index (χ0v) is 20.7. The second-order valence-corrected chi connectivity index (χ2v) is 8.10. The molecule has 2 aromatic rings. The molecule has 0 aliphatic rings. The van der Waals surface area contributed by atoms with E-state index in [9.17, 15) is 9.59 Å². The average Bonchev–Trinajstić information content (AvgIpc) is 2.85. The number of carbonyl (C=O) groups excluding carboxylic acids is 1. The highest BCUT2D eigenvalue weighted by Gasteiger charge is 2.11. The summed E-state index contributed by atoms with van der Waals surface area (Å²) in [5, 5.41) is 3.37. The van der Waals surface area contributed by atoms with Crippen LogP contribution in [0.15, 0.2) is 34.1 Å². The van der Waals surface area contributed by atoms with Crippen LogP contribution in [0.2, 0.25) is 0 Å². The number of H-pyrrole nitrogens is 1. The summed E-state index contributed by atoms with van der Waals surface area (Å²) in [7, 11) is 3.23. The van der Waals surface area contributed by atoms with Crippen molar-refractivity contribution in [1.82, 2.24) is 15.3 Å². The number of thioether (sulfide) groups is 1. The Morgan fingerprint density at radius 3 is 2.29 bits per heavy atom. The van der Waals surface area contributed by atoms with Gasteiger partial charge in [0.05, 0.1) is 64.8 Å². The zero-order chi connectivity index (χ0) is 24.6. The molecule has 0 saturated heterocycles. The van der Waals surface area contributed by atoms with E-state index in [1.54, 1.807) is 14.2 Å². The normalized spacial score (nSPS) is 10.9. The van der Waals surface area contributed by atoms with Gasteiger partial charge in [-0.05, 0) is 24.6 Å². The lowest BCUT2D eigenvalue weighted by Gasteiger charge is -2.11. The van der Waals surface area contributed by atoms with Crippen LogP contribution in [0.3, 0.4) is 0 Å². The Kier molecular flexibility index (Phi) is 13.3. The number of benzene rings is 1. The quantitative estimate of drug-likeness (QED) is 0.192. The molecular weight excluding hydrogens is 462 g/mol. The van der Waals surface area contributed by atoms with Crippen LogP contribution in [-0.4, -0.2) is 75.5 Å². The van der Waals surface area contributed by atoms with E-state index in [-0.39, 0.29) is 18.3 Å². The Balaban J connectivity index is 1.71. The van der Waals surface area contributed by atoms with E-state index in [4.69, 9.17) is 23.7 Å². The molecule has 0 aliphatic heterocycles. The Morgan fingerprint density at radius 1 is 1.00 bits per heavy atom. The first-order valence-corrected chi connectivity index (χ1v) is 11.9. The average molecular weight is 496 g/mol. The molecule has 2 N–H and O–H groups in total. The van der Waals surface area contributed by atoms with Crippen molar-refractivity contribution in [2.24, 2.45) is 0 Å². The summed E-state index contributed by atoms with van der Waals surface area (Å²) in [6.45, 7) is 5.31. The number of nitrogens with one attached hydrogen (secondary N) is 2. The maximum atomic E-state index is 12.2. The highest BCUT2D eigenvalue weighted by molar-refractivity contribution is 7.99. The van der Waals surface area contributed by atoms with Gasteiger partial charge in [-0.3, -0.25) is 4.79 Å². The second-order valence-electron chi connectivity index (χ2n) is 7.13. The van der Waals surface area contributed by atoms with Gasteiger partial charge in [-0.25, -0.2) is 4.79 Å². The van der Waals surface area contributed by atoms with E-state index in [1.807, 2.05) is 31.2 Å². The number of aromatic amines is 1. The predicted molar refractivity (Wildman–Crippen MR) is 128 cm³/mol. The van der Waals surface area contributed by atoms with Gasteiger partial charge in [0.1, 0.15) is 10.8 Å². The van der Waals surface area contributed by atoms with Gasteiger partial charge < -0.3 is 34.0 Å². The Morgan fingerprint density at radius 2 is 1.65 bits per heavy atom. The summed E-state index contributed by atoms with van der Waals surface area (Å²) in [6.07, 6.45) is 0. The highest BCUT2D eigenvalue weighted by Crippen LogP contribution is 2.20. The predicted octanol–water partition coefficient (Wildman–Crippen LogP) is 1.69. The molecular formula is C23H33N3O7S. The number of aromatic nitrogens is 2. The Labute approximate surface area is 203 Å². The van der Waals surface area contributed by atoms with Crippen molar-refractivity contribution in [2.75, 3.05) is 59.6 Å². The number of methoxy groups -OCH3 is 2. The molecule has 2 rings (SSSR count). The summed E-state index contributed by atoms with van der Waals surface area (Å²) in [5.41, 5.74) is 1.89. The molecule has 11 heteroatoms. The maximum Gasteiger partial charge on any atom is 0.346 e. The van der Waals surface area contributed by atoms with Gasteiger partial charge in [0.15, 0.2) is 0 Å². The van der Waals surface area contributed by atoms with Crippen LogP contribution in [-0.2, 0) is 36.9 Å². The van der Waals surface area contributed by atoms with Crippen LogP contribution in [0.25, 0.3) is 0 Å². The maximum absolute atomic E-state index is 12.2. The molecule has 1 aromatic heterocycles. The molecule has 34 heavy (non-hydrogen) atoms. The second kappa shape index (κ2) is 16.2. The third-order valence-electron chi connectivity index (χ3n) is 4.65. The molecule has 10 nitrogen and oxygen atoms in total. The van der Waals surface area contributed by atoms with Gasteiger partial charge in [0, 0.05) is 19.2 Å². The van der Waals surface area contributed by atoms with Gasteiger partial charge in [-0.2, -0.15) is 4.98 Å². The van der Waals surface area contributed by atoms with Crippen molar-refractivity contribution in [3.05, 3.63) is 51.6 Å². The summed E-state index contributed by atoms with van der Waals surface area (Å²) in [5.74, 6) is 0.758. The number of carbonyl (C=O) groups is 1. The first-order valence-electron chi connectivity index (χ1n) is 10.9. The van der Waals surface area contributed by atoms with Crippen molar-refractivity contribution in [2.45, 2.75) is 25.1 Å². The fraction of sp³-hybridized carbons (Fsp3) is 0.522. The molecule has 1 aromatic carbocycles. The first-order chi connectivity index (χ1) is 16.5. The monoisotopic (exact) mass is 495 g/mol. The van der Waals surface area contributed by atoms with Crippen LogP contribution in [0.5, 0.6) is 5.75 Å². The number of nitrogens with zero attached hydrogens (tertiary/aromatic N) is 1. The minimum atomic E-state index is -0.477. The lowest BCUT2D eigenvalue weighted by molar-refractivity contribution is -0.118. The molecule has 1 heterocycles. The number of amides is 1. The van der Waals surface area contributed by atoms with Crippen molar-refractivity contribution >= 4 is 17.7 Å². The van der Waals surface area contributed by atoms with Crippen LogP contribution in [0.4, 0.5) is 0 Å². The molecule has 0 spiro atoms. The molecule has 0 saturated carbocycles. The minimum absolute atomic E-state index is 0.147. The van der Waals surface area contributed by atoms with Crippen molar-refractivity contribution < 1.29 is 28.5 Å². The first kappa shape index (κ1) is 27.8. The molecule has 1 amide bonds. The lowest BCUT2D eigenvalue weighted by Crippen LogP contribution is -2.25. The molecule has 188 valence electrons. The topological polar surface area (TPSA) is 121 Å². The molecule has 0 aliphatic carbocycles. The summed E-state index contributed by atoms with van der Waals surface area (Å²) in [4.78, 5) is 30.9. The van der Waals surface area contributed by atoms with E-state index in [0.717, 1.165) is 16.9 Å². The van der Waals surface area contributed by atoms with E-state index >= 15 is 0 Å². The van der Waals surface area contributed by atoms with Crippen LogP contribution < -0.4 is 15.7 Å².